The van der Waals surface area contributed by atoms with Crippen molar-refractivity contribution in [2.24, 2.45) is 0 Å². The van der Waals surface area contributed by atoms with E-state index >= 15 is 0 Å². The van der Waals surface area contributed by atoms with Gasteiger partial charge in [-0.2, -0.15) is 0 Å². The summed E-state index contributed by atoms with van der Waals surface area (Å²) >= 11 is 1.13. The molecule has 9 heteroatoms. The lowest BCUT2D eigenvalue weighted by Gasteiger charge is -2.24. The molecule has 4 rings (SSSR count). The van der Waals surface area contributed by atoms with Gasteiger partial charge in [-0.3, -0.25) is 14.4 Å². The van der Waals surface area contributed by atoms with E-state index in [1.807, 2.05) is 26.0 Å². The summed E-state index contributed by atoms with van der Waals surface area (Å²) in [4.78, 5) is 45.0. The molecule has 164 valence electrons. The average Bonchev–Trinajstić information content (AvgIpc) is 2.74. The molecule has 0 fully saturated rings. The first-order chi connectivity index (χ1) is 15.3. The number of H-pyrrole nitrogens is 1. The van der Waals surface area contributed by atoms with Crippen molar-refractivity contribution in [3.05, 3.63) is 80.9 Å². The van der Waals surface area contributed by atoms with Gasteiger partial charge in [0.2, 0.25) is 11.8 Å². The third-order valence-electron chi connectivity index (χ3n) is 5.21. The van der Waals surface area contributed by atoms with Gasteiger partial charge in [-0.25, -0.2) is 9.37 Å². The summed E-state index contributed by atoms with van der Waals surface area (Å²) in [6.45, 7) is 3.82. The molecule has 2 amide bonds. The lowest BCUT2D eigenvalue weighted by molar-refractivity contribution is -0.123. The molecule has 0 saturated heterocycles. The first kappa shape index (κ1) is 21.8. The van der Waals surface area contributed by atoms with Crippen LogP contribution in [0.25, 0.3) is 0 Å². The van der Waals surface area contributed by atoms with E-state index in [0.29, 0.717) is 11.3 Å². The number of benzene rings is 2. The zero-order valence-electron chi connectivity index (χ0n) is 17.5. The van der Waals surface area contributed by atoms with Crippen LogP contribution in [0.15, 0.2) is 52.4 Å². The fourth-order valence-corrected chi connectivity index (χ4v) is 4.43. The van der Waals surface area contributed by atoms with Gasteiger partial charge in [-0.05, 0) is 37.1 Å². The SMILES string of the molecule is Cc1ccc(NC(=O)[C@@H]2CC(=O)Nc3nc(SCc4ccccc4F)[nH]c(=O)c32)c(C)c1. The van der Waals surface area contributed by atoms with Gasteiger partial charge in [-0.1, -0.05) is 47.7 Å². The Morgan fingerprint density at radius 2 is 2.00 bits per heavy atom. The van der Waals surface area contributed by atoms with E-state index < -0.39 is 23.3 Å². The Kier molecular flexibility index (Phi) is 6.09. The van der Waals surface area contributed by atoms with Gasteiger partial charge in [0.1, 0.15) is 11.6 Å². The van der Waals surface area contributed by atoms with Crippen LogP contribution < -0.4 is 16.2 Å². The average molecular weight is 453 g/mol. The van der Waals surface area contributed by atoms with Crippen LogP contribution >= 0.6 is 11.8 Å². The number of aromatic nitrogens is 2. The van der Waals surface area contributed by atoms with Crippen LogP contribution in [0.1, 0.15) is 34.6 Å². The normalized spacial score (nSPS) is 15.1. The van der Waals surface area contributed by atoms with Crippen molar-refractivity contribution in [2.75, 3.05) is 10.6 Å². The number of hydrogen-bond donors (Lipinski definition) is 3. The Labute approximate surface area is 187 Å². The maximum atomic E-state index is 13.9. The quantitative estimate of drug-likeness (QED) is 0.403. The molecule has 3 aromatic rings. The van der Waals surface area contributed by atoms with Crippen LogP contribution in [0, 0.1) is 19.7 Å². The summed E-state index contributed by atoms with van der Waals surface area (Å²) in [5.74, 6) is -1.87. The Balaban J connectivity index is 1.59. The summed E-state index contributed by atoms with van der Waals surface area (Å²) in [6, 6.07) is 11.9. The van der Waals surface area contributed by atoms with Crippen molar-refractivity contribution in [2.45, 2.75) is 37.1 Å². The maximum Gasteiger partial charge on any atom is 0.257 e. The van der Waals surface area contributed by atoms with Gasteiger partial charge in [0.05, 0.1) is 11.5 Å². The van der Waals surface area contributed by atoms with Gasteiger partial charge in [-0.15, -0.1) is 0 Å². The molecule has 0 spiro atoms. The summed E-state index contributed by atoms with van der Waals surface area (Å²) in [5, 5.41) is 5.63. The minimum atomic E-state index is -0.971. The highest BCUT2D eigenvalue weighted by molar-refractivity contribution is 7.98. The van der Waals surface area contributed by atoms with E-state index in [1.165, 1.54) is 6.07 Å². The van der Waals surface area contributed by atoms with Crippen molar-refractivity contribution in [1.82, 2.24) is 9.97 Å². The van der Waals surface area contributed by atoms with Crippen LogP contribution in [-0.4, -0.2) is 21.8 Å². The Morgan fingerprint density at radius 3 is 2.75 bits per heavy atom. The fourth-order valence-electron chi connectivity index (χ4n) is 3.58. The van der Waals surface area contributed by atoms with Gasteiger partial charge in [0.25, 0.3) is 5.56 Å². The third-order valence-corrected chi connectivity index (χ3v) is 6.13. The second-order valence-corrected chi connectivity index (χ2v) is 8.59. The number of nitrogens with zero attached hydrogens (tertiary/aromatic N) is 1. The summed E-state index contributed by atoms with van der Waals surface area (Å²) < 4.78 is 13.9. The summed E-state index contributed by atoms with van der Waals surface area (Å²) in [6.07, 6.45) is -0.157. The van der Waals surface area contributed by atoms with Crippen LogP contribution in [-0.2, 0) is 15.3 Å². The molecule has 0 unspecified atom stereocenters. The molecule has 2 heterocycles. The predicted octanol–water partition coefficient (Wildman–Crippen LogP) is 3.88. The number of halogens is 1. The molecular formula is C23H21FN4O3S. The monoisotopic (exact) mass is 452 g/mol. The van der Waals surface area contributed by atoms with Crippen molar-refractivity contribution in [3.63, 3.8) is 0 Å². The highest BCUT2D eigenvalue weighted by Crippen LogP contribution is 2.31. The van der Waals surface area contributed by atoms with Crippen molar-refractivity contribution in [3.8, 4) is 0 Å². The standard InChI is InChI=1S/C23H21FN4O3S/c1-12-7-8-17(13(2)9-12)25-21(30)15-10-18(29)26-20-19(15)22(31)28-23(27-20)32-11-14-5-3-4-6-16(14)24/h3-9,15H,10-11H2,1-2H3,(H,25,30)(H2,26,27,28,29,31)/t15-/m1/s1. The van der Waals surface area contributed by atoms with Gasteiger partial charge in [0.15, 0.2) is 5.16 Å². The number of nitrogens with one attached hydrogen (secondary N) is 3. The molecule has 32 heavy (non-hydrogen) atoms. The number of carbonyl (C=O) groups excluding carboxylic acids is 2. The molecule has 7 nitrogen and oxygen atoms in total. The molecule has 1 aromatic heterocycles. The number of thioether (sulfide) groups is 1. The topological polar surface area (TPSA) is 104 Å². The molecular weight excluding hydrogens is 431 g/mol. The van der Waals surface area contributed by atoms with Gasteiger partial charge < -0.3 is 15.6 Å². The molecule has 0 radical (unpaired) electrons. The van der Waals surface area contributed by atoms with Gasteiger partial charge in [0, 0.05) is 17.9 Å². The molecule has 1 atom stereocenters. The smallest absolute Gasteiger partial charge is 0.257 e. The lowest BCUT2D eigenvalue weighted by Crippen LogP contribution is -2.36. The minimum Gasteiger partial charge on any atom is -0.325 e. The fraction of sp³-hybridized carbons (Fsp3) is 0.217. The second-order valence-electron chi connectivity index (χ2n) is 7.63. The zero-order chi connectivity index (χ0) is 22.8. The second kappa shape index (κ2) is 8.96. The Bertz CT molecular complexity index is 1270. The molecule has 3 N–H and O–H groups in total. The Hall–Kier alpha value is -3.46. The molecule has 0 bridgehead atoms. The largest absolute Gasteiger partial charge is 0.325 e. The predicted molar refractivity (Wildman–Crippen MR) is 121 cm³/mol. The summed E-state index contributed by atoms with van der Waals surface area (Å²) in [7, 11) is 0. The van der Waals surface area contributed by atoms with Crippen molar-refractivity contribution in [1.29, 1.82) is 0 Å². The molecule has 1 aliphatic rings. The third kappa shape index (κ3) is 4.57. The molecule has 2 aromatic carbocycles. The highest BCUT2D eigenvalue weighted by atomic mass is 32.2. The van der Waals surface area contributed by atoms with Crippen molar-refractivity contribution >= 4 is 35.1 Å². The lowest BCUT2D eigenvalue weighted by atomic mass is 9.92. The summed E-state index contributed by atoms with van der Waals surface area (Å²) in [5.41, 5.74) is 2.63. The van der Waals surface area contributed by atoms with Crippen LogP contribution in [0.2, 0.25) is 0 Å². The number of aromatic amines is 1. The number of fused-ring (bicyclic) bond motifs is 1. The number of anilines is 2. The van der Waals surface area contributed by atoms with E-state index in [0.717, 1.165) is 22.9 Å². The Morgan fingerprint density at radius 1 is 1.22 bits per heavy atom. The van der Waals surface area contributed by atoms with E-state index in [2.05, 4.69) is 20.6 Å². The van der Waals surface area contributed by atoms with E-state index in [1.54, 1.807) is 24.3 Å². The number of rotatable bonds is 5. The van der Waals surface area contributed by atoms with E-state index in [9.17, 15) is 18.8 Å². The number of hydrogen-bond acceptors (Lipinski definition) is 5. The first-order valence-electron chi connectivity index (χ1n) is 10.00. The van der Waals surface area contributed by atoms with Gasteiger partial charge >= 0.3 is 0 Å². The number of amides is 2. The number of carbonyl (C=O) groups is 2. The van der Waals surface area contributed by atoms with E-state index in [4.69, 9.17) is 0 Å². The van der Waals surface area contributed by atoms with E-state index in [-0.39, 0.29) is 34.5 Å². The first-order valence-corrected chi connectivity index (χ1v) is 11.0. The molecule has 1 aliphatic heterocycles. The van der Waals surface area contributed by atoms with Crippen molar-refractivity contribution < 1.29 is 14.0 Å². The van der Waals surface area contributed by atoms with Crippen LogP contribution in [0.4, 0.5) is 15.9 Å². The minimum absolute atomic E-state index is 0.0572. The highest BCUT2D eigenvalue weighted by Gasteiger charge is 2.35. The van der Waals surface area contributed by atoms with Crippen LogP contribution in [0.5, 0.6) is 0 Å². The van der Waals surface area contributed by atoms with Crippen LogP contribution in [0.3, 0.4) is 0 Å². The molecule has 0 aliphatic carbocycles. The maximum absolute atomic E-state index is 13.9. The molecule has 0 saturated carbocycles. The zero-order valence-corrected chi connectivity index (χ0v) is 18.3. The number of aryl methyl sites for hydroxylation is 2.